The van der Waals surface area contributed by atoms with E-state index in [4.69, 9.17) is 4.74 Å². The topological polar surface area (TPSA) is 121 Å². The van der Waals surface area contributed by atoms with Crippen molar-refractivity contribution in [3.63, 3.8) is 0 Å². The third kappa shape index (κ3) is 5.03. The van der Waals surface area contributed by atoms with Gasteiger partial charge in [0.2, 0.25) is 0 Å². The van der Waals surface area contributed by atoms with E-state index in [1.54, 1.807) is 43.3 Å². The lowest BCUT2D eigenvalue weighted by molar-refractivity contribution is 0.0526. The van der Waals surface area contributed by atoms with Crippen LogP contribution in [0.4, 0.5) is 16.4 Å². The number of benzene rings is 3. The number of nitrogens with zero attached hydrogens (tertiary/aromatic N) is 2. The molecule has 1 aliphatic rings. The summed E-state index contributed by atoms with van der Waals surface area (Å²) in [4.78, 5) is 27.1. The highest BCUT2D eigenvalue weighted by atomic mass is 32.1. The van der Waals surface area contributed by atoms with Crippen LogP contribution in [0, 0.1) is 0 Å². The molecule has 0 saturated heterocycles. The fourth-order valence-corrected chi connectivity index (χ4v) is 5.81. The van der Waals surface area contributed by atoms with Crippen LogP contribution in [-0.2, 0) is 24.2 Å². The molecule has 1 amide bonds. The molecular weight excluding hydrogens is 502 g/mol. The Morgan fingerprint density at radius 2 is 1.82 bits per heavy atom. The molecule has 38 heavy (non-hydrogen) atoms. The van der Waals surface area contributed by atoms with Gasteiger partial charge in [-0.2, -0.15) is 0 Å². The zero-order chi connectivity index (χ0) is 26.6. The fraction of sp³-hybridized carbons (Fsp3) is 0.241. The number of hydrogen-bond acceptors (Lipinski definition) is 8. The van der Waals surface area contributed by atoms with E-state index < -0.39 is 11.9 Å². The van der Waals surface area contributed by atoms with Gasteiger partial charge in [0.25, 0.3) is 5.91 Å². The average molecular weight is 530 g/mol. The van der Waals surface area contributed by atoms with Gasteiger partial charge in [-0.25, -0.2) is 4.79 Å². The number of phenolic OH excluding ortho intramolecular Hbond substituents is 1. The van der Waals surface area contributed by atoms with Crippen molar-refractivity contribution in [3.05, 3.63) is 81.7 Å². The van der Waals surface area contributed by atoms with Crippen molar-refractivity contribution in [2.75, 3.05) is 11.9 Å². The second kappa shape index (κ2) is 11.1. The van der Waals surface area contributed by atoms with Gasteiger partial charge < -0.3 is 20.3 Å². The first kappa shape index (κ1) is 25.6. The number of rotatable bonds is 7. The molecule has 0 bridgehead atoms. The maximum absolute atomic E-state index is 13.2. The van der Waals surface area contributed by atoms with Gasteiger partial charge in [0.15, 0.2) is 10.8 Å². The third-order valence-electron chi connectivity index (χ3n) is 6.51. The number of carbonyl (C=O) groups is 2. The fourth-order valence-electron chi connectivity index (χ4n) is 4.61. The van der Waals surface area contributed by atoms with E-state index in [1.165, 1.54) is 11.3 Å². The number of aromatic hydroxyl groups is 1. The first-order valence-electron chi connectivity index (χ1n) is 12.5. The Kier molecular flexibility index (Phi) is 7.48. The minimum atomic E-state index is -0.514. The van der Waals surface area contributed by atoms with Gasteiger partial charge >= 0.3 is 5.97 Å². The first-order valence-corrected chi connectivity index (χ1v) is 13.3. The van der Waals surface area contributed by atoms with Gasteiger partial charge in [-0.15, -0.1) is 21.6 Å². The smallest absolute Gasteiger partial charge is 0.341 e. The number of ether oxygens (including phenoxy) is 1. The van der Waals surface area contributed by atoms with E-state index in [1.807, 2.05) is 18.2 Å². The predicted molar refractivity (Wildman–Crippen MR) is 147 cm³/mol. The van der Waals surface area contributed by atoms with Crippen molar-refractivity contribution >= 4 is 50.4 Å². The lowest BCUT2D eigenvalue weighted by Crippen LogP contribution is -2.12. The molecule has 0 radical (unpaired) electrons. The summed E-state index contributed by atoms with van der Waals surface area (Å²) in [6, 6.07) is 15.6. The molecule has 1 aromatic heterocycles. The van der Waals surface area contributed by atoms with Crippen molar-refractivity contribution in [1.82, 2.24) is 0 Å². The molecule has 3 N–H and O–H groups in total. The van der Waals surface area contributed by atoms with Crippen molar-refractivity contribution in [3.8, 4) is 5.75 Å². The lowest BCUT2D eigenvalue weighted by atomic mass is 9.95. The van der Waals surface area contributed by atoms with Crippen molar-refractivity contribution in [2.45, 2.75) is 39.2 Å². The summed E-state index contributed by atoms with van der Waals surface area (Å²) in [5, 5.41) is 33.8. The van der Waals surface area contributed by atoms with Gasteiger partial charge in [0, 0.05) is 16.0 Å². The van der Waals surface area contributed by atoms with Crippen molar-refractivity contribution < 1.29 is 24.5 Å². The highest BCUT2D eigenvalue weighted by Gasteiger charge is 2.27. The molecule has 0 aliphatic heterocycles. The van der Waals surface area contributed by atoms with Crippen molar-refractivity contribution in [1.29, 1.82) is 0 Å². The number of thiophene rings is 1. The van der Waals surface area contributed by atoms with E-state index in [0.717, 1.165) is 41.7 Å². The van der Waals surface area contributed by atoms with Gasteiger partial charge in [-0.1, -0.05) is 36.4 Å². The van der Waals surface area contributed by atoms with Gasteiger partial charge in [-0.05, 0) is 67.3 Å². The van der Waals surface area contributed by atoms with Crippen LogP contribution in [-0.4, -0.2) is 28.7 Å². The van der Waals surface area contributed by atoms with E-state index in [0.29, 0.717) is 27.0 Å². The van der Waals surface area contributed by atoms with Crippen molar-refractivity contribution in [2.24, 2.45) is 10.2 Å². The molecule has 1 aliphatic carbocycles. The largest absolute Gasteiger partial charge is 0.505 e. The number of carbonyl (C=O) groups excluding carboxylic acids is 2. The van der Waals surface area contributed by atoms with Crippen LogP contribution in [0.3, 0.4) is 0 Å². The molecular formula is C29H27N3O5S. The minimum Gasteiger partial charge on any atom is -0.505 e. The van der Waals surface area contributed by atoms with Crippen LogP contribution in [0.2, 0.25) is 0 Å². The number of aliphatic hydroxyl groups excluding tert-OH is 1. The Labute approximate surface area is 223 Å². The number of phenols is 1. The standard InChI is InChI=1S/C29H27N3O5S/c1-2-37-29(36)24-21-9-5-6-10-23(21)38-28(24)32-31-25-20-8-4-3-7-18(20)15-22(26(25)34)27(35)30-19-13-11-17(16-33)12-14-19/h3-4,7-8,11-15,33-34H,2,5-6,9-10,16H2,1H3,(H,30,35). The summed E-state index contributed by atoms with van der Waals surface area (Å²) in [5.74, 6) is -1.24. The maximum atomic E-state index is 13.2. The number of nitrogens with one attached hydrogen (secondary N) is 1. The SMILES string of the molecule is CCOC(=O)c1c(N=Nc2c(O)c(C(=O)Nc3ccc(CO)cc3)cc3ccccc23)sc2c1CCCC2. The minimum absolute atomic E-state index is 0.0416. The van der Waals surface area contributed by atoms with Crippen LogP contribution >= 0.6 is 11.3 Å². The Balaban J connectivity index is 1.55. The van der Waals surface area contributed by atoms with Crippen LogP contribution in [0.1, 0.15) is 56.5 Å². The first-order chi connectivity index (χ1) is 18.5. The number of fused-ring (bicyclic) bond motifs is 2. The second-order valence-corrected chi connectivity index (χ2v) is 10.0. The van der Waals surface area contributed by atoms with E-state index in [-0.39, 0.29) is 30.2 Å². The number of azo groups is 1. The molecule has 5 rings (SSSR count). The molecule has 0 atom stereocenters. The second-order valence-electron chi connectivity index (χ2n) is 8.96. The molecule has 3 aromatic carbocycles. The third-order valence-corrected chi connectivity index (χ3v) is 7.68. The average Bonchev–Trinajstić information content (AvgIpc) is 3.31. The van der Waals surface area contributed by atoms with Crippen LogP contribution in [0.15, 0.2) is 64.8 Å². The molecule has 4 aromatic rings. The Bertz CT molecular complexity index is 1540. The summed E-state index contributed by atoms with van der Waals surface area (Å²) in [6.45, 7) is 1.92. The molecule has 9 heteroatoms. The summed E-state index contributed by atoms with van der Waals surface area (Å²) < 4.78 is 5.31. The Morgan fingerprint density at radius 1 is 1.05 bits per heavy atom. The van der Waals surface area contributed by atoms with E-state index in [2.05, 4.69) is 15.5 Å². The monoisotopic (exact) mass is 529 g/mol. The van der Waals surface area contributed by atoms with Crippen LogP contribution in [0.25, 0.3) is 10.8 Å². The molecule has 0 spiro atoms. The van der Waals surface area contributed by atoms with Crippen LogP contribution < -0.4 is 5.32 Å². The molecule has 0 unspecified atom stereocenters. The zero-order valence-electron chi connectivity index (χ0n) is 20.9. The lowest BCUT2D eigenvalue weighted by Gasteiger charge is -2.12. The quantitative estimate of drug-likeness (QED) is 0.179. The normalized spacial score (nSPS) is 13.0. The number of amides is 1. The highest BCUT2D eigenvalue weighted by molar-refractivity contribution is 7.16. The number of aryl methyl sites for hydroxylation is 1. The number of hydrogen-bond donors (Lipinski definition) is 3. The number of aliphatic hydroxyl groups is 1. The Hall–Kier alpha value is -4.08. The van der Waals surface area contributed by atoms with Gasteiger partial charge in [-0.3, -0.25) is 4.79 Å². The molecule has 8 nitrogen and oxygen atoms in total. The van der Waals surface area contributed by atoms with E-state index in [9.17, 15) is 19.8 Å². The summed E-state index contributed by atoms with van der Waals surface area (Å²) in [6.07, 6.45) is 3.72. The Morgan fingerprint density at radius 3 is 2.58 bits per heavy atom. The summed E-state index contributed by atoms with van der Waals surface area (Å²) >= 11 is 1.42. The molecule has 0 saturated carbocycles. The number of anilines is 1. The highest BCUT2D eigenvalue weighted by Crippen LogP contribution is 2.43. The van der Waals surface area contributed by atoms with Crippen LogP contribution in [0.5, 0.6) is 5.75 Å². The van der Waals surface area contributed by atoms with E-state index >= 15 is 0 Å². The number of esters is 1. The summed E-state index contributed by atoms with van der Waals surface area (Å²) in [7, 11) is 0. The van der Waals surface area contributed by atoms with Gasteiger partial charge in [0.1, 0.15) is 11.3 Å². The summed E-state index contributed by atoms with van der Waals surface area (Å²) in [5.41, 5.74) is 2.84. The van der Waals surface area contributed by atoms with Gasteiger partial charge in [0.05, 0.1) is 18.8 Å². The maximum Gasteiger partial charge on any atom is 0.341 e. The molecule has 194 valence electrons. The molecule has 0 fully saturated rings. The zero-order valence-corrected chi connectivity index (χ0v) is 21.7. The predicted octanol–water partition coefficient (Wildman–Crippen LogP) is 6.82. The molecule has 1 heterocycles.